The fraction of sp³-hybridized carbons (Fsp3) is 0.353. The summed E-state index contributed by atoms with van der Waals surface area (Å²) in [7, 11) is 1.62. The first-order chi connectivity index (χ1) is 10.9. The van der Waals surface area contributed by atoms with Crippen LogP contribution in [0, 0.1) is 6.92 Å². The summed E-state index contributed by atoms with van der Waals surface area (Å²) in [6.45, 7) is 5.61. The lowest BCUT2D eigenvalue weighted by Gasteiger charge is -2.19. The molecule has 6 heteroatoms. The Morgan fingerprint density at radius 1 is 1.30 bits per heavy atom. The van der Waals surface area contributed by atoms with E-state index in [0.717, 1.165) is 11.3 Å². The summed E-state index contributed by atoms with van der Waals surface area (Å²) < 4.78 is 0. The number of carbonyl (C=O) groups is 2. The summed E-state index contributed by atoms with van der Waals surface area (Å²) in [6, 6.07) is 5.66. The minimum atomic E-state index is -0.203. The molecule has 2 aromatic rings. The highest BCUT2D eigenvalue weighted by atomic mass is 32.1. The van der Waals surface area contributed by atoms with Gasteiger partial charge in [0.15, 0.2) is 0 Å². The van der Waals surface area contributed by atoms with Crippen LogP contribution < -0.4 is 5.32 Å². The SMILES string of the molecule is Cc1nc(-c2ccsc2)ccc1C(=O)N(C)CC(=O)NC(C)C. The van der Waals surface area contributed by atoms with Crippen LogP contribution in [-0.2, 0) is 4.79 Å². The Morgan fingerprint density at radius 3 is 2.61 bits per heavy atom. The fourth-order valence-corrected chi connectivity index (χ4v) is 2.87. The zero-order valence-corrected chi connectivity index (χ0v) is 14.6. The number of hydrogen-bond donors (Lipinski definition) is 1. The molecule has 1 N–H and O–H groups in total. The fourth-order valence-electron chi connectivity index (χ4n) is 2.22. The maximum atomic E-state index is 12.5. The highest BCUT2D eigenvalue weighted by Crippen LogP contribution is 2.21. The summed E-state index contributed by atoms with van der Waals surface area (Å²) >= 11 is 1.61. The quantitative estimate of drug-likeness (QED) is 0.916. The third-order valence-electron chi connectivity index (χ3n) is 3.31. The van der Waals surface area contributed by atoms with Crippen LogP contribution in [0.25, 0.3) is 11.3 Å². The van der Waals surface area contributed by atoms with Gasteiger partial charge in [-0.15, -0.1) is 0 Å². The van der Waals surface area contributed by atoms with E-state index in [2.05, 4.69) is 10.3 Å². The zero-order chi connectivity index (χ0) is 17.0. The van der Waals surface area contributed by atoms with Gasteiger partial charge in [0.05, 0.1) is 23.5 Å². The molecule has 0 spiro atoms. The minimum absolute atomic E-state index is 0.0305. The number of amides is 2. The second-order valence-corrected chi connectivity index (χ2v) is 6.50. The van der Waals surface area contributed by atoms with E-state index in [1.807, 2.05) is 43.7 Å². The van der Waals surface area contributed by atoms with Gasteiger partial charge in [-0.25, -0.2) is 0 Å². The number of aromatic nitrogens is 1. The van der Waals surface area contributed by atoms with Crippen LogP contribution in [0.3, 0.4) is 0 Å². The third kappa shape index (κ3) is 4.39. The Morgan fingerprint density at radius 2 is 2.04 bits per heavy atom. The van der Waals surface area contributed by atoms with E-state index in [1.54, 1.807) is 24.5 Å². The van der Waals surface area contributed by atoms with Crippen LogP contribution in [0.1, 0.15) is 29.9 Å². The molecule has 2 amide bonds. The van der Waals surface area contributed by atoms with E-state index < -0.39 is 0 Å². The van der Waals surface area contributed by atoms with Crippen molar-refractivity contribution in [1.29, 1.82) is 0 Å². The molecule has 0 radical (unpaired) electrons. The average Bonchev–Trinajstić information content (AvgIpc) is 2.99. The van der Waals surface area contributed by atoms with Crippen molar-refractivity contribution in [2.75, 3.05) is 13.6 Å². The first-order valence-corrected chi connectivity index (χ1v) is 8.38. The van der Waals surface area contributed by atoms with Crippen LogP contribution in [0.5, 0.6) is 0 Å². The standard InChI is InChI=1S/C17H21N3O2S/c1-11(2)18-16(21)9-20(4)17(22)14-5-6-15(19-12(14)3)13-7-8-23-10-13/h5-8,10-11H,9H2,1-4H3,(H,18,21). The molecule has 2 aromatic heterocycles. The summed E-state index contributed by atoms with van der Waals surface area (Å²) in [5.41, 5.74) is 3.07. The Hall–Kier alpha value is -2.21. The predicted octanol–water partition coefficient (Wildman–Crippen LogP) is 2.72. The Kier molecular flexibility index (Phi) is 5.50. The van der Waals surface area contributed by atoms with Gasteiger partial charge < -0.3 is 10.2 Å². The first-order valence-electron chi connectivity index (χ1n) is 7.43. The molecule has 0 aliphatic heterocycles. The summed E-state index contributed by atoms with van der Waals surface area (Å²) in [5.74, 6) is -0.373. The van der Waals surface area contributed by atoms with Gasteiger partial charge in [-0.3, -0.25) is 14.6 Å². The lowest BCUT2D eigenvalue weighted by Crippen LogP contribution is -2.41. The van der Waals surface area contributed by atoms with Gasteiger partial charge in [-0.2, -0.15) is 11.3 Å². The van der Waals surface area contributed by atoms with E-state index >= 15 is 0 Å². The first kappa shape index (κ1) is 17.1. The normalized spacial score (nSPS) is 10.7. The number of hydrogen-bond acceptors (Lipinski definition) is 4. The molecular weight excluding hydrogens is 310 g/mol. The van der Waals surface area contributed by atoms with Crippen molar-refractivity contribution < 1.29 is 9.59 Å². The molecule has 0 saturated carbocycles. The highest BCUT2D eigenvalue weighted by molar-refractivity contribution is 7.08. The Labute approximate surface area is 140 Å². The Bertz CT molecular complexity index is 696. The summed E-state index contributed by atoms with van der Waals surface area (Å²) in [6.07, 6.45) is 0. The monoisotopic (exact) mass is 331 g/mol. The molecule has 0 bridgehead atoms. The van der Waals surface area contributed by atoms with Crippen molar-refractivity contribution in [3.8, 4) is 11.3 Å². The van der Waals surface area contributed by atoms with Crippen LogP contribution in [0.15, 0.2) is 29.0 Å². The molecule has 0 aliphatic rings. The second kappa shape index (κ2) is 7.37. The van der Waals surface area contributed by atoms with Gasteiger partial charge in [0, 0.05) is 24.0 Å². The van der Waals surface area contributed by atoms with E-state index in [-0.39, 0.29) is 24.4 Å². The molecule has 0 unspecified atom stereocenters. The number of nitrogens with one attached hydrogen (secondary N) is 1. The van der Waals surface area contributed by atoms with Crippen molar-refractivity contribution in [2.45, 2.75) is 26.8 Å². The number of carbonyl (C=O) groups excluding carboxylic acids is 2. The molecule has 23 heavy (non-hydrogen) atoms. The van der Waals surface area contributed by atoms with Gasteiger partial charge in [0.2, 0.25) is 5.91 Å². The van der Waals surface area contributed by atoms with Crippen LogP contribution >= 0.6 is 11.3 Å². The van der Waals surface area contributed by atoms with Gasteiger partial charge in [0.25, 0.3) is 5.91 Å². The predicted molar refractivity (Wildman–Crippen MR) is 92.5 cm³/mol. The maximum Gasteiger partial charge on any atom is 0.255 e. The molecule has 5 nitrogen and oxygen atoms in total. The average molecular weight is 331 g/mol. The summed E-state index contributed by atoms with van der Waals surface area (Å²) in [4.78, 5) is 30.2. The highest BCUT2D eigenvalue weighted by Gasteiger charge is 2.18. The molecule has 0 atom stereocenters. The van der Waals surface area contributed by atoms with E-state index in [1.165, 1.54) is 4.90 Å². The van der Waals surface area contributed by atoms with Crippen molar-refractivity contribution in [2.24, 2.45) is 0 Å². The van der Waals surface area contributed by atoms with Crippen molar-refractivity contribution in [1.82, 2.24) is 15.2 Å². The van der Waals surface area contributed by atoms with Crippen molar-refractivity contribution in [3.05, 3.63) is 40.2 Å². The second-order valence-electron chi connectivity index (χ2n) is 5.72. The number of aryl methyl sites for hydroxylation is 1. The Balaban J connectivity index is 2.11. The lowest BCUT2D eigenvalue weighted by molar-refractivity contribution is -0.122. The van der Waals surface area contributed by atoms with Crippen LogP contribution in [-0.4, -0.2) is 41.3 Å². The minimum Gasteiger partial charge on any atom is -0.352 e. The third-order valence-corrected chi connectivity index (χ3v) is 3.99. The zero-order valence-electron chi connectivity index (χ0n) is 13.8. The van der Waals surface area contributed by atoms with E-state index in [0.29, 0.717) is 11.3 Å². The molecule has 2 heterocycles. The van der Waals surface area contributed by atoms with Gasteiger partial charge >= 0.3 is 0 Å². The maximum absolute atomic E-state index is 12.5. The molecule has 2 rings (SSSR count). The molecule has 0 saturated heterocycles. The topological polar surface area (TPSA) is 62.3 Å². The lowest BCUT2D eigenvalue weighted by atomic mass is 10.1. The van der Waals surface area contributed by atoms with Crippen molar-refractivity contribution in [3.63, 3.8) is 0 Å². The van der Waals surface area contributed by atoms with E-state index in [4.69, 9.17) is 0 Å². The van der Waals surface area contributed by atoms with Gasteiger partial charge in [0.1, 0.15) is 0 Å². The molecule has 0 aromatic carbocycles. The summed E-state index contributed by atoms with van der Waals surface area (Å²) in [5, 5.41) is 6.79. The molecule has 0 fully saturated rings. The van der Waals surface area contributed by atoms with E-state index in [9.17, 15) is 9.59 Å². The number of thiophene rings is 1. The number of rotatable bonds is 5. The van der Waals surface area contributed by atoms with Gasteiger partial charge in [-0.1, -0.05) is 0 Å². The number of likely N-dealkylation sites (N-methyl/N-ethyl adjacent to an activating group) is 1. The molecular formula is C17H21N3O2S. The molecule has 122 valence electrons. The van der Waals surface area contributed by atoms with Crippen LogP contribution in [0.4, 0.5) is 0 Å². The molecule has 0 aliphatic carbocycles. The largest absolute Gasteiger partial charge is 0.352 e. The number of nitrogens with zero attached hydrogens (tertiary/aromatic N) is 2. The number of pyridine rings is 1. The van der Waals surface area contributed by atoms with Crippen LogP contribution in [0.2, 0.25) is 0 Å². The van der Waals surface area contributed by atoms with Crippen molar-refractivity contribution >= 4 is 23.2 Å². The van der Waals surface area contributed by atoms with Gasteiger partial charge in [-0.05, 0) is 44.4 Å². The smallest absolute Gasteiger partial charge is 0.255 e.